The lowest BCUT2D eigenvalue weighted by molar-refractivity contribution is -0.138. The van der Waals surface area contributed by atoms with E-state index >= 15 is 0 Å². The number of rotatable bonds is 6. The van der Waals surface area contributed by atoms with Crippen molar-refractivity contribution in [1.29, 1.82) is 0 Å². The zero-order chi connectivity index (χ0) is 26.6. The summed E-state index contributed by atoms with van der Waals surface area (Å²) in [7, 11) is 1.72. The molecule has 4 heterocycles. The largest absolute Gasteiger partial charge is 0.419 e. The van der Waals surface area contributed by atoms with Gasteiger partial charge in [-0.1, -0.05) is 17.3 Å². The Balaban J connectivity index is 1.30. The monoisotopic (exact) mass is 526 g/mol. The van der Waals surface area contributed by atoms with Gasteiger partial charge in [0.25, 0.3) is 0 Å². The number of likely N-dealkylation sites (tertiary alicyclic amines) is 1. The van der Waals surface area contributed by atoms with Crippen LogP contribution in [0.1, 0.15) is 53.2 Å². The van der Waals surface area contributed by atoms with Crippen molar-refractivity contribution in [2.24, 2.45) is 0 Å². The van der Waals surface area contributed by atoms with Gasteiger partial charge >= 0.3 is 6.18 Å². The standard InChI is InChI=1S/C27H29F3N6O2/c1-14-24(15(2)38-35-14)22-10-7-17-18(8-9-20(17)32-22)25-19(27(28,29)30)11-31-26(34-25)33-21-5-4-6-23(21)36-12-16(13-36)37-3/h7-8,10-11,16,21,23H,4-6,9,12-13H2,1-3H3,(H,31,33,34)/t21-,23-/m0/s1. The molecule has 8 nitrogen and oxygen atoms in total. The van der Waals surface area contributed by atoms with Crippen LogP contribution in [-0.2, 0) is 17.3 Å². The van der Waals surface area contributed by atoms with Crippen molar-refractivity contribution in [3.63, 3.8) is 0 Å². The van der Waals surface area contributed by atoms with Crippen molar-refractivity contribution in [3.05, 3.63) is 58.4 Å². The predicted molar refractivity (Wildman–Crippen MR) is 134 cm³/mol. The van der Waals surface area contributed by atoms with Gasteiger partial charge < -0.3 is 14.6 Å². The summed E-state index contributed by atoms with van der Waals surface area (Å²) in [6, 6.07) is 3.96. The number of hydrogen-bond donors (Lipinski definition) is 1. The average Bonchev–Trinajstić information content (AvgIpc) is 3.56. The van der Waals surface area contributed by atoms with E-state index in [1.54, 1.807) is 25.3 Å². The normalized spacial score (nSPS) is 21.9. The summed E-state index contributed by atoms with van der Waals surface area (Å²) in [5.74, 6) is 0.858. The van der Waals surface area contributed by atoms with Crippen molar-refractivity contribution in [3.8, 4) is 11.3 Å². The number of nitrogens with zero attached hydrogens (tertiary/aromatic N) is 5. The Morgan fingerprint density at radius 2 is 1.95 bits per heavy atom. The summed E-state index contributed by atoms with van der Waals surface area (Å²) in [5, 5.41) is 7.33. The number of aromatic nitrogens is 4. The molecule has 0 unspecified atom stereocenters. The van der Waals surface area contributed by atoms with Crippen LogP contribution in [0.25, 0.3) is 16.8 Å². The van der Waals surface area contributed by atoms with Gasteiger partial charge in [-0.15, -0.1) is 0 Å². The first-order chi connectivity index (χ1) is 18.2. The fourth-order valence-electron chi connectivity index (χ4n) is 5.89. The number of halogens is 3. The number of pyridine rings is 1. The summed E-state index contributed by atoms with van der Waals surface area (Å²) < 4.78 is 52.9. The highest BCUT2D eigenvalue weighted by Crippen LogP contribution is 2.40. The Morgan fingerprint density at radius 1 is 1.13 bits per heavy atom. The van der Waals surface area contributed by atoms with Gasteiger partial charge in [0, 0.05) is 56.0 Å². The van der Waals surface area contributed by atoms with E-state index in [4.69, 9.17) is 14.2 Å². The smallest absolute Gasteiger partial charge is 0.379 e. The topological polar surface area (TPSA) is 89.2 Å². The molecule has 200 valence electrons. The first kappa shape index (κ1) is 25.0. The molecule has 11 heteroatoms. The molecule has 0 spiro atoms. The van der Waals surface area contributed by atoms with E-state index in [-0.39, 0.29) is 29.8 Å². The SMILES string of the molecule is COC1CN([C@H]2CCC[C@@H]2Nc2ncc(C(F)(F)F)c(C3=CCc4nc(-c5c(C)noc5C)ccc43)n2)C1. The molecule has 1 N–H and O–H groups in total. The summed E-state index contributed by atoms with van der Waals surface area (Å²) >= 11 is 0. The molecule has 3 aromatic rings. The van der Waals surface area contributed by atoms with Gasteiger partial charge in [-0.05, 0) is 39.2 Å². The molecule has 38 heavy (non-hydrogen) atoms. The summed E-state index contributed by atoms with van der Waals surface area (Å²) in [6.45, 7) is 5.38. The lowest BCUT2D eigenvalue weighted by atomic mass is 10.0. The highest BCUT2D eigenvalue weighted by atomic mass is 19.4. The molecule has 1 saturated heterocycles. The predicted octanol–water partition coefficient (Wildman–Crippen LogP) is 4.81. The molecule has 6 rings (SSSR count). The number of alkyl halides is 3. The highest BCUT2D eigenvalue weighted by molar-refractivity contribution is 5.85. The third-order valence-electron chi connectivity index (χ3n) is 7.88. The molecule has 2 atom stereocenters. The van der Waals surface area contributed by atoms with Crippen LogP contribution in [0, 0.1) is 13.8 Å². The maximum atomic E-state index is 14.1. The van der Waals surface area contributed by atoms with E-state index in [0.29, 0.717) is 40.4 Å². The summed E-state index contributed by atoms with van der Waals surface area (Å²) in [5.41, 5.74) is 2.97. The lowest BCUT2D eigenvalue weighted by Crippen LogP contribution is -2.59. The Labute approximate surface area is 218 Å². The van der Waals surface area contributed by atoms with Crippen LogP contribution in [0.15, 0.2) is 28.9 Å². The van der Waals surface area contributed by atoms with Crippen molar-refractivity contribution in [2.75, 3.05) is 25.5 Å². The summed E-state index contributed by atoms with van der Waals surface area (Å²) in [6.07, 6.45) is 1.70. The van der Waals surface area contributed by atoms with Gasteiger partial charge in [0.05, 0.1) is 34.4 Å². The van der Waals surface area contributed by atoms with Gasteiger partial charge in [-0.25, -0.2) is 9.97 Å². The molecule has 3 aromatic heterocycles. The van der Waals surface area contributed by atoms with Crippen molar-refractivity contribution in [2.45, 2.75) is 63.9 Å². The molecule has 2 fully saturated rings. The van der Waals surface area contributed by atoms with Gasteiger partial charge in [-0.2, -0.15) is 13.2 Å². The molecule has 3 aliphatic rings. The maximum absolute atomic E-state index is 14.1. The minimum atomic E-state index is -4.59. The number of allylic oxidation sites excluding steroid dienone is 1. The Hall–Kier alpha value is -3.31. The lowest BCUT2D eigenvalue weighted by Gasteiger charge is -2.44. The highest BCUT2D eigenvalue weighted by Gasteiger charge is 2.40. The average molecular weight is 527 g/mol. The van der Waals surface area contributed by atoms with Crippen LogP contribution in [0.2, 0.25) is 0 Å². The van der Waals surface area contributed by atoms with E-state index in [1.165, 1.54) is 0 Å². The van der Waals surface area contributed by atoms with Crippen LogP contribution >= 0.6 is 0 Å². The van der Waals surface area contributed by atoms with Crippen LogP contribution < -0.4 is 5.32 Å². The third-order valence-corrected chi connectivity index (χ3v) is 7.88. The fraction of sp³-hybridized carbons (Fsp3) is 0.481. The molecule has 1 saturated carbocycles. The second-order valence-electron chi connectivity index (χ2n) is 10.2. The molecule has 0 radical (unpaired) electrons. The fourth-order valence-corrected chi connectivity index (χ4v) is 5.89. The number of ether oxygens (including phenoxy) is 1. The number of nitrogens with one attached hydrogen (secondary N) is 1. The second-order valence-corrected chi connectivity index (χ2v) is 10.2. The first-order valence-electron chi connectivity index (χ1n) is 12.8. The molecule has 0 bridgehead atoms. The number of anilines is 1. The van der Waals surface area contributed by atoms with E-state index in [2.05, 4.69) is 25.3 Å². The minimum Gasteiger partial charge on any atom is -0.379 e. The minimum absolute atomic E-state index is 0.0708. The van der Waals surface area contributed by atoms with Crippen LogP contribution in [0.5, 0.6) is 0 Å². The van der Waals surface area contributed by atoms with E-state index < -0.39 is 11.7 Å². The zero-order valence-electron chi connectivity index (χ0n) is 21.5. The number of fused-ring (bicyclic) bond motifs is 1. The number of methoxy groups -OCH3 is 1. The summed E-state index contributed by atoms with van der Waals surface area (Å²) in [4.78, 5) is 15.6. The third kappa shape index (κ3) is 4.37. The van der Waals surface area contributed by atoms with Gasteiger partial charge in [-0.3, -0.25) is 9.88 Å². The quantitative estimate of drug-likeness (QED) is 0.490. The molecule has 0 amide bonds. The molecule has 2 aliphatic carbocycles. The van der Waals surface area contributed by atoms with Crippen molar-refractivity contribution >= 4 is 11.5 Å². The molecular formula is C27H29F3N6O2. The Kier molecular flexibility index (Phi) is 6.22. The zero-order valence-corrected chi connectivity index (χ0v) is 21.5. The van der Waals surface area contributed by atoms with Crippen molar-refractivity contribution in [1.82, 2.24) is 25.0 Å². The Bertz CT molecular complexity index is 1380. The van der Waals surface area contributed by atoms with Gasteiger partial charge in [0.2, 0.25) is 5.95 Å². The number of aryl methyl sites for hydroxylation is 2. The maximum Gasteiger partial charge on any atom is 0.419 e. The molecule has 0 aromatic carbocycles. The second kappa shape index (κ2) is 9.46. The van der Waals surface area contributed by atoms with E-state index in [9.17, 15) is 13.2 Å². The van der Waals surface area contributed by atoms with E-state index in [1.807, 2.05) is 13.8 Å². The van der Waals surface area contributed by atoms with Gasteiger partial charge in [0.15, 0.2) is 0 Å². The van der Waals surface area contributed by atoms with Crippen LogP contribution in [-0.4, -0.2) is 63.4 Å². The Morgan fingerprint density at radius 3 is 2.66 bits per heavy atom. The molecular weight excluding hydrogens is 497 g/mol. The number of hydrogen-bond acceptors (Lipinski definition) is 8. The first-order valence-corrected chi connectivity index (χ1v) is 12.8. The van der Waals surface area contributed by atoms with Crippen LogP contribution in [0.4, 0.5) is 19.1 Å². The van der Waals surface area contributed by atoms with Crippen LogP contribution in [0.3, 0.4) is 0 Å². The van der Waals surface area contributed by atoms with E-state index in [0.717, 1.165) is 44.1 Å². The van der Waals surface area contributed by atoms with Crippen molar-refractivity contribution < 1.29 is 22.4 Å². The molecule has 1 aliphatic heterocycles. The van der Waals surface area contributed by atoms with Gasteiger partial charge in [0.1, 0.15) is 11.3 Å².